The number of nitrogens with two attached hydrogens (primary N) is 1. The Morgan fingerprint density at radius 3 is 2.29 bits per heavy atom. The average Bonchev–Trinajstić information content (AvgIpc) is 2.65. The summed E-state index contributed by atoms with van der Waals surface area (Å²) in [7, 11) is -4.73. The van der Waals surface area contributed by atoms with E-state index in [1.165, 1.54) is 6.92 Å². The van der Waals surface area contributed by atoms with Crippen molar-refractivity contribution in [1.29, 1.82) is 0 Å². The molecule has 0 aliphatic carbocycles. The highest BCUT2D eigenvalue weighted by Gasteiger charge is 2.32. The van der Waals surface area contributed by atoms with Gasteiger partial charge in [-0.1, -0.05) is 30.3 Å². The lowest BCUT2D eigenvalue weighted by molar-refractivity contribution is -0.121. The number of ketones is 1. The van der Waals surface area contributed by atoms with E-state index in [9.17, 15) is 14.2 Å². The molecule has 0 saturated heterocycles. The zero-order valence-electron chi connectivity index (χ0n) is 15.4. The third-order valence-electron chi connectivity index (χ3n) is 4.00. The number of phosphoric acid groups is 1. The van der Waals surface area contributed by atoms with Gasteiger partial charge in [-0.05, 0) is 43.2 Å². The smallest absolute Gasteiger partial charge is 0.324 e. The molecule has 150 valence electrons. The number of Topliss-reactive ketones (excluding diaryl/α,β-unsaturated/α-hetero) is 1. The van der Waals surface area contributed by atoms with Gasteiger partial charge in [0.2, 0.25) is 5.91 Å². The van der Waals surface area contributed by atoms with Gasteiger partial charge in [-0.2, -0.15) is 0 Å². The topological polar surface area (TPSA) is 139 Å². The molecule has 8 nitrogen and oxygen atoms in total. The van der Waals surface area contributed by atoms with Crippen molar-refractivity contribution in [3.8, 4) is 0 Å². The Labute approximate surface area is 163 Å². The van der Waals surface area contributed by atoms with Crippen molar-refractivity contribution >= 4 is 25.2 Å². The summed E-state index contributed by atoms with van der Waals surface area (Å²) < 4.78 is 15.1. The SMILES string of the molecule is C[C@](N)(COP(=O)(O)O)C(=O)Nc1ccc(C(=O)CCc2ccccc2)cc1. The van der Waals surface area contributed by atoms with Gasteiger partial charge in [0.25, 0.3) is 0 Å². The summed E-state index contributed by atoms with van der Waals surface area (Å²) in [5, 5.41) is 2.53. The summed E-state index contributed by atoms with van der Waals surface area (Å²) in [5.74, 6) is -0.690. The second-order valence-corrected chi connectivity index (χ2v) is 7.86. The average molecular weight is 406 g/mol. The summed E-state index contributed by atoms with van der Waals surface area (Å²) in [5.41, 5.74) is 6.11. The van der Waals surface area contributed by atoms with Gasteiger partial charge in [0.1, 0.15) is 5.54 Å². The van der Waals surface area contributed by atoms with Gasteiger partial charge in [0.15, 0.2) is 5.78 Å². The molecule has 0 spiro atoms. The molecule has 0 fully saturated rings. The van der Waals surface area contributed by atoms with Gasteiger partial charge < -0.3 is 20.8 Å². The lowest BCUT2D eigenvalue weighted by Crippen LogP contribution is -2.52. The van der Waals surface area contributed by atoms with Crippen LogP contribution in [0.15, 0.2) is 54.6 Å². The van der Waals surface area contributed by atoms with Crippen LogP contribution in [0.25, 0.3) is 0 Å². The molecule has 2 aromatic carbocycles. The quantitative estimate of drug-likeness (QED) is 0.370. The first kappa shape index (κ1) is 21.9. The number of amides is 1. The van der Waals surface area contributed by atoms with Gasteiger partial charge in [-0.3, -0.25) is 14.1 Å². The highest BCUT2D eigenvalue weighted by atomic mass is 31.2. The van der Waals surface area contributed by atoms with E-state index in [2.05, 4.69) is 9.84 Å². The second-order valence-electron chi connectivity index (χ2n) is 6.62. The maximum atomic E-state index is 12.3. The Bertz CT molecular complexity index is 862. The van der Waals surface area contributed by atoms with Gasteiger partial charge in [-0.15, -0.1) is 0 Å². The van der Waals surface area contributed by atoms with E-state index in [0.29, 0.717) is 24.1 Å². The van der Waals surface area contributed by atoms with Crippen molar-refractivity contribution in [3.63, 3.8) is 0 Å². The van der Waals surface area contributed by atoms with Gasteiger partial charge in [0, 0.05) is 17.7 Å². The predicted octanol–water partition coefficient (Wildman–Crippen LogP) is 2.27. The maximum Gasteiger partial charge on any atom is 0.469 e. The molecule has 2 aromatic rings. The molecule has 0 radical (unpaired) electrons. The largest absolute Gasteiger partial charge is 0.469 e. The summed E-state index contributed by atoms with van der Waals surface area (Å²) >= 11 is 0. The highest BCUT2D eigenvalue weighted by Crippen LogP contribution is 2.36. The van der Waals surface area contributed by atoms with Crippen molar-refractivity contribution in [2.24, 2.45) is 5.73 Å². The fraction of sp³-hybridized carbons (Fsp3) is 0.263. The summed E-state index contributed by atoms with van der Waals surface area (Å²) in [6.45, 7) is 0.638. The summed E-state index contributed by atoms with van der Waals surface area (Å²) in [6.07, 6.45) is 1.01. The molecular formula is C19H23N2O6P. The number of aryl methyl sites for hydroxylation is 1. The number of anilines is 1. The van der Waals surface area contributed by atoms with Crippen LogP contribution in [0.5, 0.6) is 0 Å². The van der Waals surface area contributed by atoms with E-state index < -0.39 is 25.9 Å². The molecule has 0 bridgehead atoms. The van der Waals surface area contributed by atoms with Crippen LogP contribution < -0.4 is 11.1 Å². The van der Waals surface area contributed by atoms with Crippen LogP contribution in [0.2, 0.25) is 0 Å². The molecule has 0 aliphatic heterocycles. The Balaban J connectivity index is 1.91. The minimum atomic E-state index is -4.73. The minimum Gasteiger partial charge on any atom is -0.324 e. The maximum absolute atomic E-state index is 12.3. The number of benzene rings is 2. The Hall–Kier alpha value is -2.35. The first-order valence-electron chi connectivity index (χ1n) is 8.54. The van der Waals surface area contributed by atoms with Crippen LogP contribution in [-0.4, -0.2) is 33.6 Å². The third-order valence-corrected chi connectivity index (χ3v) is 4.47. The number of carbonyl (C=O) groups is 2. The highest BCUT2D eigenvalue weighted by molar-refractivity contribution is 7.46. The van der Waals surface area contributed by atoms with Gasteiger partial charge >= 0.3 is 7.82 Å². The van der Waals surface area contributed by atoms with E-state index >= 15 is 0 Å². The Morgan fingerprint density at radius 2 is 1.71 bits per heavy atom. The van der Waals surface area contributed by atoms with Crippen LogP contribution >= 0.6 is 7.82 Å². The molecule has 0 aliphatic rings. The molecule has 0 unspecified atom stereocenters. The standard InChI is InChI=1S/C19H23N2O6P/c1-19(20,13-27-28(24,25)26)18(23)21-16-10-8-15(9-11-16)17(22)12-7-14-5-3-2-4-6-14/h2-6,8-11H,7,12-13,20H2,1H3,(H,21,23)(H2,24,25,26)/t19-/m0/s1. The zero-order chi connectivity index (χ0) is 20.8. The van der Waals surface area contributed by atoms with Crippen LogP contribution in [0.3, 0.4) is 0 Å². The van der Waals surface area contributed by atoms with E-state index in [1.54, 1.807) is 24.3 Å². The molecule has 5 N–H and O–H groups in total. The molecule has 0 heterocycles. The predicted molar refractivity (Wildman–Crippen MR) is 105 cm³/mol. The first-order valence-corrected chi connectivity index (χ1v) is 10.1. The normalized spacial score (nSPS) is 13.6. The molecule has 0 saturated carbocycles. The summed E-state index contributed by atoms with van der Waals surface area (Å²) in [4.78, 5) is 41.9. The fourth-order valence-corrected chi connectivity index (χ4v) is 2.78. The summed E-state index contributed by atoms with van der Waals surface area (Å²) in [6, 6.07) is 16.0. The van der Waals surface area contributed by atoms with Crippen molar-refractivity contribution in [2.75, 3.05) is 11.9 Å². The molecule has 0 aromatic heterocycles. The van der Waals surface area contributed by atoms with Crippen LogP contribution in [-0.2, 0) is 20.3 Å². The number of hydrogen-bond donors (Lipinski definition) is 4. The third kappa shape index (κ3) is 6.99. The van der Waals surface area contributed by atoms with Gasteiger partial charge in [-0.25, -0.2) is 4.57 Å². The van der Waals surface area contributed by atoms with Crippen LogP contribution in [0.1, 0.15) is 29.3 Å². The number of nitrogens with one attached hydrogen (secondary N) is 1. The van der Waals surface area contributed by atoms with Crippen molar-refractivity contribution in [1.82, 2.24) is 0 Å². The second kappa shape index (κ2) is 9.23. The van der Waals surface area contributed by atoms with E-state index in [1.807, 2.05) is 30.3 Å². The molecule has 1 amide bonds. The Morgan fingerprint density at radius 1 is 1.11 bits per heavy atom. The number of carbonyl (C=O) groups excluding carboxylic acids is 2. The zero-order valence-corrected chi connectivity index (χ0v) is 16.3. The van der Waals surface area contributed by atoms with Crippen molar-refractivity contribution in [2.45, 2.75) is 25.3 Å². The van der Waals surface area contributed by atoms with E-state index in [4.69, 9.17) is 15.5 Å². The number of rotatable bonds is 9. The van der Waals surface area contributed by atoms with Crippen LogP contribution in [0.4, 0.5) is 5.69 Å². The fourth-order valence-electron chi connectivity index (χ4n) is 2.34. The minimum absolute atomic E-state index is 0.0135. The van der Waals surface area contributed by atoms with Gasteiger partial charge in [0.05, 0.1) is 6.61 Å². The first-order chi connectivity index (χ1) is 13.1. The molecule has 1 atom stereocenters. The van der Waals surface area contributed by atoms with Crippen molar-refractivity contribution < 1.29 is 28.5 Å². The molecule has 2 rings (SSSR count). The van der Waals surface area contributed by atoms with E-state index in [-0.39, 0.29) is 5.78 Å². The number of phosphoric ester groups is 1. The monoisotopic (exact) mass is 406 g/mol. The molecule has 28 heavy (non-hydrogen) atoms. The molecule has 9 heteroatoms. The molecular weight excluding hydrogens is 383 g/mol. The number of hydrogen-bond acceptors (Lipinski definition) is 5. The lowest BCUT2D eigenvalue weighted by Gasteiger charge is -2.23. The van der Waals surface area contributed by atoms with E-state index in [0.717, 1.165) is 5.56 Å². The van der Waals surface area contributed by atoms with Crippen molar-refractivity contribution in [3.05, 3.63) is 65.7 Å². The lowest BCUT2D eigenvalue weighted by atomic mass is 10.0. The van der Waals surface area contributed by atoms with Crippen LogP contribution in [0, 0.1) is 0 Å². The Kier molecular flexibility index (Phi) is 7.23.